The van der Waals surface area contributed by atoms with E-state index in [0.717, 1.165) is 43.8 Å². The van der Waals surface area contributed by atoms with E-state index in [0.29, 0.717) is 12.6 Å². The Morgan fingerprint density at radius 3 is 2.45 bits per heavy atom. The molecule has 4 rings (SSSR count). The van der Waals surface area contributed by atoms with Gasteiger partial charge in [0.05, 0.1) is 0 Å². The van der Waals surface area contributed by atoms with Crippen LogP contribution in [0.25, 0.3) is 0 Å². The molecule has 1 aromatic heterocycles. The number of benzene rings is 1. The Morgan fingerprint density at radius 1 is 0.970 bits per heavy atom. The largest absolute Gasteiger partial charge is 0.335 e. The number of hydrogen-bond donors (Lipinski definition) is 1. The zero-order valence-electron chi connectivity index (χ0n) is 20.0. The smallest absolute Gasteiger partial charge is 0.317 e. The first-order valence-corrected chi connectivity index (χ1v) is 13.0. The van der Waals surface area contributed by atoms with Crippen LogP contribution in [0.1, 0.15) is 62.5 Å². The normalized spacial score (nSPS) is 18.2. The first kappa shape index (κ1) is 23.7. The lowest BCUT2D eigenvalue weighted by Crippen LogP contribution is -2.46. The van der Waals surface area contributed by atoms with Gasteiger partial charge in [-0.1, -0.05) is 55.7 Å². The van der Waals surface area contributed by atoms with Gasteiger partial charge in [-0.05, 0) is 81.3 Å². The third kappa shape index (κ3) is 7.85. The van der Waals surface area contributed by atoms with Gasteiger partial charge >= 0.3 is 6.03 Å². The maximum Gasteiger partial charge on any atom is 0.317 e. The van der Waals surface area contributed by atoms with Crippen molar-refractivity contribution in [2.24, 2.45) is 5.92 Å². The second-order valence-corrected chi connectivity index (χ2v) is 9.90. The number of hydrogen-bond acceptors (Lipinski definition) is 3. The van der Waals surface area contributed by atoms with E-state index >= 15 is 0 Å². The number of piperidine rings is 1. The summed E-state index contributed by atoms with van der Waals surface area (Å²) < 4.78 is 0. The Kier molecular flexibility index (Phi) is 9.17. The molecule has 33 heavy (non-hydrogen) atoms. The summed E-state index contributed by atoms with van der Waals surface area (Å²) in [4.78, 5) is 21.9. The number of carbonyl (C=O) groups is 1. The molecule has 5 nitrogen and oxygen atoms in total. The number of aromatic nitrogens is 1. The average molecular weight is 449 g/mol. The van der Waals surface area contributed by atoms with Crippen molar-refractivity contribution < 1.29 is 4.79 Å². The summed E-state index contributed by atoms with van der Waals surface area (Å²) in [5.74, 6) is 0.798. The molecule has 1 aliphatic heterocycles. The van der Waals surface area contributed by atoms with Crippen LogP contribution < -0.4 is 5.32 Å². The summed E-state index contributed by atoms with van der Waals surface area (Å²) in [5.41, 5.74) is 2.56. The summed E-state index contributed by atoms with van der Waals surface area (Å²) >= 11 is 0. The Morgan fingerprint density at radius 2 is 1.73 bits per heavy atom. The molecule has 0 bridgehead atoms. The van der Waals surface area contributed by atoms with Crippen LogP contribution in [0.4, 0.5) is 4.79 Å². The fraction of sp³-hybridized carbons (Fsp3) is 0.571. The maximum absolute atomic E-state index is 13.1. The van der Waals surface area contributed by atoms with Gasteiger partial charge in [-0.25, -0.2) is 4.79 Å². The van der Waals surface area contributed by atoms with Crippen molar-refractivity contribution in [2.75, 3.05) is 26.2 Å². The molecule has 2 aromatic rings. The van der Waals surface area contributed by atoms with Crippen molar-refractivity contribution in [3.63, 3.8) is 0 Å². The van der Waals surface area contributed by atoms with Crippen LogP contribution in [0, 0.1) is 5.92 Å². The Hall–Kier alpha value is -2.40. The molecular weight excluding hydrogens is 408 g/mol. The van der Waals surface area contributed by atoms with Gasteiger partial charge < -0.3 is 15.1 Å². The number of likely N-dealkylation sites (tertiary alicyclic amines) is 1. The first-order valence-electron chi connectivity index (χ1n) is 13.0. The van der Waals surface area contributed by atoms with Crippen molar-refractivity contribution >= 4 is 6.03 Å². The maximum atomic E-state index is 13.1. The fourth-order valence-corrected chi connectivity index (χ4v) is 5.32. The van der Waals surface area contributed by atoms with Crippen LogP contribution in [-0.2, 0) is 13.0 Å². The molecule has 2 amide bonds. The molecule has 0 atom stereocenters. The quantitative estimate of drug-likeness (QED) is 0.568. The molecule has 2 heterocycles. The van der Waals surface area contributed by atoms with E-state index < -0.39 is 0 Å². The SMILES string of the molecule is O=C(NC1CCCCC1)N(CCCN1CCC(Cc2ccccc2)CC1)Cc1cccnc1. The van der Waals surface area contributed by atoms with E-state index in [-0.39, 0.29) is 6.03 Å². The standard InChI is InChI=1S/C28H40N4O/c33-28(30-27-12-5-2-6-13-27)32(23-26-11-7-16-29-22-26)18-8-17-31-19-14-25(15-20-31)21-24-9-3-1-4-10-24/h1,3-4,7,9-11,16,22,25,27H,2,5-6,8,12-15,17-21,23H2,(H,30,33). The van der Waals surface area contributed by atoms with E-state index in [1.165, 1.54) is 57.2 Å². The number of nitrogens with zero attached hydrogens (tertiary/aromatic N) is 3. The van der Waals surface area contributed by atoms with Gasteiger partial charge in [-0.3, -0.25) is 4.98 Å². The number of carbonyl (C=O) groups excluding carboxylic acids is 1. The Balaban J connectivity index is 1.23. The molecule has 0 unspecified atom stereocenters. The van der Waals surface area contributed by atoms with Crippen LogP contribution in [0.3, 0.4) is 0 Å². The lowest BCUT2D eigenvalue weighted by molar-refractivity contribution is 0.164. The number of rotatable bonds is 9. The molecule has 1 aliphatic carbocycles. The van der Waals surface area contributed by atoms with Gasteiger partial charge in [-0.15, -0.1) is 0 Å². The molecule has 2 aliphatic rings. The van der Waals surface area contributed by atoms with Crippen molar-refractivity contribution in [1.29, 1.82) is 0 Å². The van der Waals surface area contributed by atoms with Crippen LogP contribution in [0.2, 0.25) is 0 Å². The second kappa shape index (κ2) is 12.7. The summed E-state index contributed by atoms with van der Waals surface area (Å²) in [7, 11) is 0. The molecule has 1 saturated heterocycles. The number of pyridine rings is 1. The molecule has 1 N–H and O–H groups in total. The second-order valence-electron chi connectivity index (χ2n) is 9.90. The minimum Gasteiger partial charge on any atom is -0.335 e. The highest BCUT2D eigenvalue weighted by atomic mass is 16.2. The van der Waals surface area contributed by atoms with Gasteiger partial charge in [0.2, 0.25) is 0 Å². The molecule has 1 aromatic carbocycles. The minimum atomic E-state index is 0.0901. The van der Waals surface area contributed by atoms with Crippen LogP contribution in [0.15, 0.2) is 54.9 Å². The molecule has 178 valence electrons. The molecule has 5 heteroatoms. The van der Waals surface area contributed by atoms with Crippen molar-refractivity contribution in [3.8, 4) is 0 Å². The van der Waals surface area contributed by atoms with E-state index in [2.05, 4.69) is 51.6 Å². The summed E-state index contributed by atoms with van der Waals surface area (Å²) in [6.07, 6.45) is 14.4. The third-order valence-corrected chi connectivity index (χ3v) is 7.29. The molecule has 1 saturated carbocycles. The highest BCUT2D eigenvalue weighted by Crippen LogP contribution is 2.22. The number of nitrogens with one attached hydrogen (secondary N) is 1. The van der Waals surface area contributed by atoms with Crippen LogP contribution >= 0.6 is 0 Å². The summed E-state index contributed by atoms with van der Waals surface area (Å²) in [5, 5.41) is 3.31. The van der Waals surface area contributed by atoms with Gasteiger partial charge in [-0.2, -0.15) is 0 Å². The predicted molar refractivity (Wildman–Crippen MR) is 134 cm³/mol. The summed E-state index contributed by atoms with van der Waals surface area (Å²) in [6, 6.07) is 15.3. The first-order chi connectivity index (χ1) is 16.3. The fourth-order valence-electron chi connectivity index (χ4n) is 5.32. The Labute approximate surface area is 199 Å². The van der Waals surface area contributed by atoms with E-state index in [4.69, 9.17) is 0 Å². The summed E-state index contributed by atoms with van der Waals surface area (Å²) in [6.45, 7) is 4.84. The zero-order valence-corrected chi connectivity index (χ0v) is 20.0. The van der Waals surface area contributed by atoms with Crippen LogP contribution in [0.5, 0.6) is 0 Å². The molecule has 0 spiro atoms. The topological polar surface area (TPSA) is 48.5 Å². The van der Waals surface area contributed by atoms with Crippen molar-refractivity contribution in [2.45, 2.75) is 70.4 Å². The Bertz CT molecular complexity index is 814. The highest BCUT2D eigenvalue weighted by Gasteiger charge is 2.22. The lowest BCUT2D eigenvalue weighted by atomic mass is 9.90. The number of urea groups is 1. The van der Waals surface area contributed by atoms with E-state index in [1.807, 2.05) is 17.2 Å². The van der Waals surface area contributed by atoms with Crippen molar-refractivity contribution in [1.82, 2.24) is 20.1 Å². The monoisotopic (exact) mass is 448 g/mol. The minimum absolute atomic E-state index is 0.0901. The van der Waals surface area contributed by atoms with Crippen molar-refractivity contribution in [3.05, 3.63) is 66.0 Å². The van der Waals surface area contributed by atoms with E-state index in [9.17, 15) is 4.79 Å². The van der Waals surface area contributed by atoms with Gasteiger partial charge in [0, 0.05) is 31.5 Å². The lowest BCUT2D eigenvalue weighted by Gasteiger charge is -2.33. The highest BCUT2D eigenvalue weighted by molar-refractivity contribution is 5.74. The third-order valence-electron chi connectivity index (χ3n) is 7.29. The molecular formula is C28H40N4O. The number of amides is 2. The van der Waals surface area contributed by atoms with Gasteiger partial charge in [0.15, 0.2) is 0 Å². The molecule has 0 radical (unpaired) electrons. The van der Waals surface area contributed by atoms with Crippen LogP contribution in [-0.4, -0.2) is 53.0 Å². The van der Waals surface area contributed by atoms with Gasteiger partial charge in [0.1, 0.15) is 0 Å². The predicted octanol–water partition coefficient (Wildman–Crippen LogP) is 5.27. The van der Waals surface area contributed by atoms with E-state index in [1.54, 1.807) is 6.20 Å². The average Bonchev–Trinajstić information content (AvgIpc) is 2.86. The zero-order chi connectivity index (χ0) is 22.7. The molecule has 2 fully saturated rings. The van der Waals surface area contributed by atoms with Gasteiger partial charge in [0.25, 0.3) is 0 Å².